The van der Waals surface area contributed by atoms with Crippen LogP contribution >= 0.6 is 0 Å². The highest BCUT2D eigenvalue weighted by Gasteiger charge is 2.20. The van der Waals surface area contributed by atoms with Crippen molar-refractivity contribution in [1.82, 2.24) is 10.0 Å². The Hall–Kier alpha value is -1.97. The number of methoxy groups -OCH3 is 1. The topological polar surface area (TPSA) is 122 Å². The molecule has 23 heavy (non-hydrogen) atoms. The largest absolute Gasteiger partial charge is 0.480 e. The van der Waals surface area contributed by atoms with Crippen LogP contribution in [0, 0.1) is 0 Å². The summed E-state index contributed by atoms with van der Waals surface area (Å²) in [4.78, 5) is 22.9. The van der Waals surface area contributed by atoms with Crippen LogP contribution in [0.15, 0.2) is 29.2 Å². The Labute approximate surface area is 134 Å². The fourth-order valence-corrected chi connectivity index (χ4v) is 2.80. The van der Waals surface area contributed by atoms with Gasteiger partial charge in [-0.15, -0.1) is 0 Å². The number of carbonyl (C=O) groups is 2. The van der Waals surface area contributed by atoms with Crippen molar-refractivity contribution in [3.05, 3.63) is 29.8 Å². The van der Waals surface area contributed by atoms with Crippen molar-refractivity contribution in [2.75, 3.05) is 20.3 Å². The predicted molar refractivity (Wildman–Crippen MR) is 82.7 cm³/mol. The van der Waals surface area contributed by atoms with Gasteiger partial charge in [-0.05, 0) is 24.6 Å². The summed E-state index contributed by atoms with van der Waals surface area (Å²) in [6, 6.07) is 4.35. The van der Waals surface area contributed by atoms with Gasteiger partial charge in [-0.1, -0.05) is 13.0 Å². The summed E-state index contributed by atoms with van der Waals surface area (Å²) in [7, 11) is -2.31. The van der Waals surface area contributed by atoms with Gasteiger partial charge in [0.1, 0.15) is 6.04 Å². The molecule has 1 aromatic rings. The molecule has 8 nitrogen and oxygen atoms in total. The second-order valence-electron chi connectivity index (χ2n) is 4.69. The SMILES string of the molecule is CCC(NC(=O)c1cccc(S(=O)(=O)NCCOC)c1)C(=O)O. The zero-order chi connectivity index (χ0) is 17.5. The second-order valence-corrected chi connectivity index (χ2v) is 6.46. The van der Waals surface area contributed by atoms with E-state index in [1.807, 2.05) is 0 Å². The minimum absolute atomic E-state index is 0.0688. The lowest BCUT2D eigenvalue weighted by Gasteiger charge is -2.13. The average molecular weight is 344 g/mol. The number of carboxylic acid groups (broad SMARTS) is 1. The van der Waals surface area contributed by atoms with E-state index in [9.17, 15) is 18.0 Å². The van der Waals surface area contributed by atoms with Crippen molar-refractivity contribution < 1.29 is 27.9 Å². The van der Waals surface area contributed by atoms with Crippen LogP contribution in [0.1, 0.15) is 23.7 Å². The molecule has 0 bridgehead atoms. The average Bonchev–Trinajstić information content (AvgIpc) is 2.52. The number of rotatable bonds is 9. The van der Waals surface area contributed by atoms with Crippen LogP contribution in [0.3, 0.4) is 0 Å². The molecule has 0 heterocycles. The third-order valence-corrected chi connectivity index (χ3v) is 4.48. The van der Waals surface area contributed by atoms with Gasteiger partial charge in [0.2, 0.25) is 10.0 Å². The van der Waals surface area contributed by atoms with Gasteiger partial charge >= 0.3 is 5.97 Å². The van der Waals surface area contributed by atoms with Gasteiger partial charge in [0.15, 0.2) is 0 Å². The lowest BCUT2D eigenvalue weighted by Crippen LogP contribution is -2.40. The third kappa shape index (κ3) is 5.62. The summed E-state index contributed by atoms with van der Waals surface area (Å²) < 4.78 is 31.3. The summed E-state index contributed by atoms with van der Waals surface area (Å²) >= 11 is 0. The van der Waals surface area contributed by atoms with Crippen molar-refractivity contribution in [1.29, 1.82) is 0 Å². The van der Waals surface area contributed by atoms with Crippen molar-refractivity contribution in [2.24, 2.45) is 0 Å². The number of benzene rings is 1. The maximum atomic E-state index is 12.1. The number of nitrogens with one attached hydrogen (secondary N) is 2. The monoisotopic (exact) mass is 344 g/mol. The van der Waals surface area contributed by atoms with Crippen LogP contribution in [-0.4, -0.2) is 51.7 Å². The van der Waals surface area contributed by atoms with E-state index in [2.05, 4.69) is 10.0 Å². The fraction of sp³-hybridized carbons (Fsp3) is 0.429. The van der Waals surface area contributed by atoms with Crippen LogP contribution in [0.4, 0.5) is 0 Å². The number of hydrogen-bond donors (Lipinski definition) is 3. The smallest absolute Gasteiger partial charge is 0.326 e. The van der Waals surface area contributed by atoms with Gasteiger partial charge in [-0.3, -0.25) is 4.79 Å². The van der Waals surface area contributed by atoms with E-state index >= 15 is 0 Å². The molecule has 1 rings (SSSR count). The molecule has 0 aliphatic rings. The first-order valence-electron chi connectivity index (χ1n) is 6.94. The quantitative estimate of drug-likeness (QED) is 0.550. The van der Waals surface area contributed by atoms with Gasteiger partial charge in [0.25, 0.3) is 5.91 Å². The lowest BCUT2D eigenvalue weighted by atomic mass is 10.1. The Morgan fingerprint density at radius 2 is 2.04 bits per heavy atom. The van der Waals surface area contributed by atoms with E-state index in [0.29, 0.717) is 0 Å². The Kier molecular flexibility index (Phi) is 7.14. The van der Waals surface area contributed by atoms with Crippen molar-refractivity contribution in [2.45, 2.75) is 24.3 Å². The predicted octanol–water partition coefficient (Wildman–Crippen LogP) is 0.204. The molecular weight excluding hydrogens is 324 g/mol. The fourth-order valence-electron chi connectivity index (χ4n) is 1.75. The standard InChI is InChI=1S/C14H20N2O6S/c1-3-12(14(18)19)16-13(17)10-5-4-6-11(9-10)23(20,21)15-7-8-22-2/h4-6,9,12,15H,3,7-8H2,1-2H3,(H,16,17)(H,18,19). The molecule has 128 valence electrons. The highest BCUT2D eigenvalue weighted by atomic mass is 32.2. The number of amides is 1. The Morgan fingerprint density at radius 1 is 1.35 bits per heavy atom. The summed E-state index contributed by atoms with van der Waals surface area (Å²) in [6.07, 6.45) is 0.220. The minimum atomic E-state index is -3.77. The summed E-state index contributed by atoms with van der Waals surface area (Å²) in [5.41, 5.74) is 0.0688. The van der Waals surface area contributed by atoms with E-state index in [1.165, 1.54) is 31.4 Å². The molecule has 0 aliphatic heterocycles. The first kappa shape index (κ1) is 19.1. The van der Waals surface area contributed by atoms with Gasteiger partial charge in [0, 0.05) is 19.2 Å². The van der Waals surface area contributed by atoms with Gasteiger partial charge in [-0.25, -0.2) is 17.9 Å². The van der Waals surface area contributed by atoms with E-state index in [1.54, 1.807) is 6.92 Å². The molecule has 3 N–H and O–H groups in total. The lowest BCUT2D eigenvalue weighted by molar-refractivity contribution is -0.139. The maximum absolute atomic E-state index is 12.1. The van der Waals surface area contributed by atoms with E-state index in [-0.39, 0.29) is 30.0 Å². The number of sulfonamides is 1. The minimum Gasteiger partial charge on any atom is -0.480 e. The van der Waals surface area contributed by atoms with Crippen LogP contribution in [0.25, 0.3) is 0 Å². The molecule has 0 saturated carbocycles. The number of ether oxygens (including phenoxy) is 1. The van der Waals surface area contributed by atoms with E-state index < -0.39 is 27.9 Å². The molecular formula is C14H20N2O6S. The second kappa shape index (κ2) is 8.61. The molecule has 0 aliphatic carbocycles. The number of carbonyl (C=O) groups excluding carboxylic acids is 1. The molecule has 1 unspecified atom stereocenters. The summed E-state index contributed by atoms with van der Waals surface area (Å²) in [6.45, 7) is 1.95. The molecule has 0 radical (unpaired) electrons. The highest BCUT2D eigenvalue weighted by Crippen LogP contribution is 2.12. The highest BCUT2D eigenvalue weighted by molar-refractivity contribution is 7.89. The summed E-state index contributed by atoms with van der Waals surface area (Å²) in [5, 5.41) is 11.3. The van der Waals surface area contributed by atoms with Crippen molar-refractivity contribution >= 4 is 21.9 Å². The van der Waals surface area contributed by atoms with Crippen LogP contribution < -0.4 is 10.0 Å². The number of aliphatic carboxylic acids is 1. The third-order valence-electron chi connectivity index (χ3n) is 3.02. The summed E-state index contributed by atoms with van der Waals surface area (Å²) in [5.74, 6) is -1.79. The Balaban J connectivity index is 2.91. The maximum Gasteiger partial charge on any atom is 0.326 e. The molecule has 0 saturated heterocycles. The molecule has 1 aromatic carbocycles. The molecule has 9 heteroatoms. The van der Waals surface area contributed by atoms with Gasteiger partial charge in [-0.2, -0.15) is 0 Å². The molecule has 1 amide bonds. The first-order chi connectivity index (χ1) is 10.8. The zero-order valence-electron chi connectivity index (χ0n) is 12.9. The Bertz CT molecular complexity index is 659. The Morgan fingerprint density at radius 3 is 2.61 bits per heavy atom. The van der Waals surface area contributed by atoms with Gasteiger partial charge < -0.3 is 15.2 Å². The normalized spacial score (nSPS) is 12.6. The molecule has 1 atom stereocenters. The molecule has 0 aromatic heterocycles. The van der Waals surface area contributed by atoms with Crippen molar-refractivity contribution in [3.8, 4) is 0 Å². The van der Waals surface area contributed by atoms with Crippen LogP contribution in [0.5, 0.6) is 0 Å². The van der Waals surface area contributed by atoms with Crippen LogP contribution in [0.2, 0.25) is 0 Å². The number of hydrogen-bond acceptors (Lipinski definition) is 5. The zero-order valence-corrected chi connectivity index (χ0v) is 13.7. The van der Waals surface area contributed by atoms with Gasteiger partial charge in [0.05, 0.1) is 11.5 Å². The van der Waals surface area contributed by atoms with E-state index in [4.69, 9.17) is 9.84 Å². The molecule has 0 fully saturated rings. The first-order valence-corrected chi connectivity index (χ1v) is 8.42. The number of carboxylic acids is 1. The van der Waals surface area contributed by atoms with Crippen molar-refractivity contribution in [3.63, 3.8) is 0 Å². The molecule has 0 spiro atoms. The van der Waals surface area contributed by atoms with Crippen LogP contribution in [-0.2, 0) is 19.6 Å². The van der Waals surface area contributed by atoms with E-state index in [0.717, 1.165) is 0 Å².